The van der Waals surface area contributed by atoms with E-state index in [0.29, 0.717) is 6.04 Å². The van der Waals surface area contributed by atoms with Crippen molar-refractivity contribution in [3.63, 3.8) is 0 Å². The van der Waals surface area contributed by atoms with Gasteiger partial charge < -0.3 is 14.6 Å². The van der Waals surface area contributed by atoms with Crippen LogP contribution in [0.3, 0.4) is 0 Å². The lowest BCUT2D eigenvalue weighted by atomic mass is 10.2. The highest BCUT2D eigenvalue weighted by Crippen LogP contribution is 2.11. The van der Waals surface area contributed by atoms with Crippen LogP contribution in [0.5, 0.6) is 0 Å². The third-order valence-corrected chi connectivity index (χ3v) is 2.20. The number of nitrogens with one attached hydrogen (secondary N) is 1. The largest absolute Gasteiger partial charge is 0.468 e. The molecule has 1 heterocycles. The van der Waals surface area contributed by atoms with Crippen molar-refractivity contribution in [2.75, 3.05) is 27.2 Å². The van der Waals surface area contributed by atoms with Crippen molar-refractivity contribution in [3.05, 3.63) is 24.2 Å². The van der Waals surface area contributed by atoms with Gasteiger partial charge in [0.2, 0.25) is 0 Å². The Hall–Kier alpha value is -0.800. The summed E-state index contributed by atoms with van der Waals surface area (Å²) in [5, 5.41) is 3.42. The first-order chi connectivity index (χ1) is 6.70. The van der Waals surface area contributed by atoms with E-state index in [1.807, 2.05) is 12.1 Å². The second kappa shape index (κ2) is 5.83. The van der Waals surface area contributed by atoms with Gasteiger partial charge in [-0.25, -0.2) is 0 Å². The highest BCUT2D eigenvalue weighted by Gasteiger charge is 2.05. The Morgan fingerprint density at radius 2 is 2.29 bits per heavy atom. The quantitative estimate of drug-likeness (QED) is 0.704. The fourth-order valence-electron chi connectivity index (χ4n) is 1.35. The van der Waals surface area contributed by atoms with Crippen LogP contribution in [0.1, 0.15) is 25.1 Å². The predicted octanol–water partition coefficient (Wildman–Crippen LogP) is 1.88. The molecule has 0 bridgehead atoms. The second-order valence-corrected chi connectivity index (χ2v) is 3.85. The standard InChI is InChI=1S/C11H20N2O/c1-10(11-6-4-9-14-11)12-7-5-8-13(2)3/h4,6,9-10,12H,5,7-8H2,1-3H3/t10-/m0/s1. The lowest BCUT2D eigenvalue weighted by molar-refractivity contribution is 0.377. The molecule has 1 aromatic heterocycles. The van der Waals surface area contributed by atoms with Crippen LogP contribution in [-0.2, 0) is 0 Å². The molecule has 0 saturated heterocycles. The average molecular weight is 196 g/mol. The zero-order chi connectivity index (χ0) is 10.4. The van der Waals surface area contributed by atoms with Crippen molar-refractivity contribution in [3.8, 4) is 0 Å². The fourth-order valence-corrected chi connectivity index (χ4v) is 1.35. The molecule has 1 aromatic rings. The third kappa shape index (κ3) is 3.94. The predicted molar refractivity (Wildman–Crippen MR) is 58.3 cm³/mol. The molecule has 0 amide bonds. The van der Waals surface area contributed by atoms with Crippen LogP contribution >= 0.6 is 0 Å². The van der Waals surface area contributed by atoms with Gasteiger partial charge in [-0.3, -0.25) is 0 Å². The lowest BCUT2D eigenvalue weighted by Crippen LogP contribution is -2.23. The van der Waals surface area contributed by atoms with Crippen LogP contribution in [0.4, 0.5) is 0 Å². The summed E-state index contributed by atoms with van der Waals surface area (Å²) in [5.74, 6) is 1.01. The van der Waals surface area contributed by atoms with E-state index in [0.717, 1.165) is 25.3 Å². The third-order valence-electron chi connectivity index (χ3n) is 2.20. The summed E-state index contributed by atoms with van der Waals surface area (Å²) < 4.78 is 5.30. The number of hydrogen-bond donors (Lipinski definition) is 1. The maximum Gasteiger partial charge on any atom is 0.120 e. The Morgan fingerprint density at radius 1 is 1.50 bits per heavy atom. The Labute approximate surface area is 86.1 Å². The lowest BCUT2D eigenvalue weighted by Gasteiger charge is -2.13. The first-order valence-corrected chi connectivity index (χ1v) is 5.11. The Kier molecular flexibility index (Phi) is 4.70. The minimum atomic E-state index is 0.312. The fraction of sp³-hybridized carbons (Fsp3) is 0.636. The van der Waals surface area contributed by atoms with E-state index in [4.69, 9.17) is 4.42 Å². The van der Waals surface area contributed by atoms with Crippen LogP contribution in [0, 0.1) is 0 Å². The SMILES string of the molecule is C[C@H](NCCCN(C)C)c1ccco1. The number of hydrogen-bond acceptors (Lipinski definition) is 3. The molecule has 3 nitrogen and oxygen atoms in total. The molecule has 0 aromatic carbocycles. The van der Waals surface area contributed by atoms with E-state index in [1.54, 1.807) is 6.26 Å². The summed E-state index contributed by atoms with van der Waals surface area (Å²) in [5.41, 5.74) is 0. The van der Waals surface area contributed by atoms with Gasteiger partial charge >= 0.3 is 0 Å². The van der Waals surface area contributed by atoms with Gasteiger partial charge in [0.05, 0.1) is 12.3 Å². The first-order valence-electron chi connectivity index (χ1n) is 5.11. The van der Waals surface area contributed by atoms with Crippen molar-refractivity contribution in [2.45, 2.75) is 19.4 Å². The summed E-state index contributed by atoms with van der Waals surface area (Å²) in [6, 6.07) is 4.24. The molecule has 0 radical (unpaired) electrons. The molecule has 0 unspecified atom stereocenters. The monoisotopic (exact) mass is 196 g/mol. The zero-order valence-corrected chi connectivity index (χ0v) is 9.29. The van der Waals surface area contributed by atoms with Crippen molar-refractivity contribution in [1.29, 1.82) is 0 Å². The molecule has 1 rings (SSSR count). The van der Waals surface area contributed by atoms with E-state index in [2.05, 4.69) is 31.2 Å². The van der Waals surface area contributed by atoms with Gasteiger partial charge in [0.15, 0.2) is 0 Å². The highest BCUT2D eigenvalue weighted by atomic mass is 16.3. The van der Waals surface area contributed by atoms with Gasteiger partial charge in [0.1, 0.15) is 5.76 Å². The molecule has 3 heteroatoms. The van der Waals surface area contributed by atoms with Gasteiger partial charge in [0, 0.05) is 0 Å². The number of rotatable bonds is 6. The molecule has 14 heavy (non-hydrogen) atoms. The number of nitrogens with zero attached hydrogens (tertiary/aromatic N) is 1. The molecular formula is C11H20N2O. The van der Waals surface area contributed by atoms with Gasteiger partial charge in [-0.15, -0.1) is 0 Å². The Bertz CT molecular complexity index is 231. The van der Waals surface area contributed by atoms with E-state index < -0.39 is 0 Å². The summed E-state index contributed by atoms with van der Waals surface area (Å²) >= 11 is 0. The Morgan fingerprint density at radius 3 is 2.86 bits per heavy atom. The maximum atomic E-state index is 5.30. The van der Waals surface area contributed by atoms with Gasteiger partial charge in [-0.05, 0) is 52.7 Å². The van der Waals surface area contributed by atoms with Gasteiger partial charge in [-0.1, -0.05) is 0 Å². The second-order valence-electron chi connectivity index (χ2n) is 3.85. The van der Waals surface area contributed by atoms with E-state index in [1.165, 1.54) is 0 Å². The number of furan rings is 1. The molecule has 0 saturated carbocycles. The molecule has 0 fully saturated rings. The molecule has 0 aliphatic heterocycles. The van der Waals surface area contributed by atoms with Crippen molar-refractivity contribution in [2.24, 2.45) is 0 Å². The normalized spacial score (nSPS) is 13.4. The minimum Gasteiger partial charge on any atom is -0.468 e. The topological polar surface area (TPSA) is 28.4 Å². The molecule has 0 spiro atoms. The summed E-state index contributed by atoms with van der Waals surface area (Å²) in [4.78, 5) is 2.19. The minimum absolute atomic E-state index is 0.312. The van der Waals surface area contributed by atoms with Crippen molar-refractivity contribution in [1.82, 2.24) is 10.2 Å². The molecule has 0 aliphatic rings. The molecule has 1 N–H and O–H groups in total. The van der Waals surface area contributed by atoms with Crippen molar-refractivity contribution >= 4 is 0 Å². The van der Waals surface area contributed by atoms with Crippen LogP contribution in [0.2, 0.25) is 0 Å². The summed E-state index contributed by atoms with van der Waals surface area (Å²) in [6.07, 6.45) is 2.88. The van der Waals surface area contributed by atoms with Crippen LogP contribution < -0.4 is 5.32 Å². The van der Waals surface area contributed by atoms with Crippen LogP contribution in [0.25, 0.3) is 0 Å². The molecule has 1 atom stereocenters. The highest BCUT2D eigenvalue weighted by molar-refractivity contribution is 5.02. The molecule has 0 aliphatic carbocycles. The maximum absolute atomic E-state index is 5.30. The van der Waals surface area contributed by atoms with Crippen LogP contribution in [-0.4, -0.2) is 32.1 Å². The van der Waals surface area contributed by atoms with Gasteiger partial charge in [-0.2, -0.15) is 0 Å². The van der Waals surface area contributed by atoms with E-state index >= 15 is 0 Å². The summed E-state index contributed by atoms with van der Waals surface area (Å²) in [6.45, 7) is 4.27. The smallest absolute Gasteiger partial charge is 0.120 e. The van der Waals surface area contributed by atoms with Gasteiger partial charge in [0.25, 0.3) is 0 Å². The average Bonchev–Trinajstić information content (AvgIpc) is 2.64. The molecule has 80 valence electrons. The van der Waals surface area contributed by atoms with Crippen molar-refractivity contribution < 1.29 is 4.42 Å². The zero-order valence-electron chi connectivity index (χ0n) is 9.29. The van der Waals surface area contributed by atoms with E-state index in [9.17, 15) is 0 Å². The summed E-state index contributed by atoms with van der Waals surface area (Å²) in [7, 11) is 4.19. The van der Waals surface area contributed by atoms with E-state index in [-0.39, 0.29) is 0 Å². The Balaban J connectivity index is 2.13. The molecular weight excluding hydrogens is 176 g/mol. The first kappa shape index (κ1) is 11.3. The van der Waals surface area contributed by atoms with Crippen LogP contribution in [0.15, 0.2) is 22.8 Å².